The number of fused-ring (bicyclic) bond motifs is 1. The van der Waals surface area contributed by atoms with Crippen molar-refractivity contribution >= 4 is 57.9 Å². The van der Waals surface area contributed by atoms with E-state index >= 15 is 0 Å². The topological polar surface area (TPSA) is 123 Å². The Kier molecular flexibility index (Phi) is 5.73. The minimum absolute atomic E-state index is 0.0516. The lowest BCUT2D eigenvalue weighted by atomic mass is 10.2. The zero-order valence-corrected chi connectivity index (χ0v) is 16.3. The highest BCUT2D eigenvalue weighted by molar-refractivity contribution is 6.67. The number of aromatic nitrogens is 5. The predicted octanol–water partition coefficient (Wildman–Crippen LogP) is 3.03. The van der Waals surface area contributed by atoms with Gasteiger partial charge in [-0.25, -0.2) is 9.78 Å². The number of halogens is 4. The van der Waals surface area contributed by atoms with Crippen molar-refractivity contribution in [3.8, 4) is 0 Å². The third-order valence-corrected chi connectivity index (χ3v) is 4.44. The number of amides is 1. The Morgan fingerprint density at radius 1 is 1.32 bits per heavy atom. The van der Waals surface area contributed by atoms with Crippen LogP contribution in [0.25, 0.3) is 11.2 Å². The number of nitrogens with zero attached hydrogens (tertiary/aromatic N) is 6. The quantitative estimate of drug-likeness (QED) is 0.454. The number of carboxylic acid groups (broad SMARTS) is 1. The van der Waals surface area contributed by atoms with Crippen LogP contribution in [0.15, 0.2) is 30.7 Å². The van der Waals surface area contributed by atoms with E-state index in [0.29, 0.717) is 5.69 Å². The fourth-order valence-corrected chi connectivity index (χ4v) is 3.35. The molecule has 1 amide bonds. The summed E-state index contributed by atoms with van der Waals surface area (Å²) in [7, 11) is 0. The Bertz CT molecular complexity index is 996. The van der Waals surface area contributed by atoms with Crippen LogP contribution in [0, 0.1) is 6.08 Å². The zero-order valence-electron chi connectivity index (χ0n) is 14.0. The first-order chi connectivity index (χ1) is 13.2. The average Bonchev–Trinajstić information content (AvgIpc) is 3.01. The van der Waals surface area contributed by atoms with Crippen LogP contribution in [-0.4, -0.2) is 50.9 Å². The van der Waals surface area contributed by atoms with E-state index in [1.807, 2.05) is 0 Å². The number of hydrogen-bond donors (Lipinski definition) is 2. The van der Waals surface area contributed by atoms with Gasteiger partial charge in [0.25, 0.3) is 0 Å². The Morgan fingerprint density at radius 3 is 2.68 bits per heavy atom. The lowest BCUT2D eigenvalue weighted by Gasteiger charge is -2.34. The Labute approximate surface area is 172 Å². The van der Waals surface area contributed by atoms with Gasteiger partial charge in [-0.3, -0.25) is 14.5 Å². The molecule has 148 valence electrons. The monoisotopic (exact) mass is 447 g/mol. The van der Waals surface area contributed by atoms with E-state index in [1.54, 1.807) is 24.4 Å². The standard InChI is InChI=1S/C15H13Cl3FN7O2/c16-15(17,18)12(25(14(27)28)6-4-8-3-1-2-5-21-8)26-7-22-9-10(20)23-13(19)24-11(9)26/h1-3,5,7,12H,4,6H2,(H,27,28)(H2,20,23,24). The number of alkyl halides is 3. The third-order valence-electron chi connectivity index (χ3n) is 3.85. The van der Waals surface area contributed by atoms with Gasteiger partial charge < -0.3 is 10.8 Å². The lowest BCUT2D eigenvalue weighted by molar-refractivity contribution is 0.104. The van der Waals surface area contributed by atoms with Crippen LogP contribution in [0.3, 0.4) is 0 Å². The molecule has 0 bridgehead atoms. The maximum atomic E-state index is 13.7. The van der Waals surface area contributed by atoms with Crippen molar-refractivity contribution in [1.29, 1.82) is 0 Å². The van der Waals surface area contributed by atoms with Crippen molar-refractivity contribution in [2.24, 2.45) is 0 Å². The van der Waals surface area contributed by atoms with Crippen LogP contribution in [0.1, 0.15) is 11.9 Å². The number of pyridine rings is 1. The molecule has 28 heavy (non-hydrogen) atoms. The minimum Gasteiger partial charge on any atom is -0.465 e. The molecule has 0 aliphatic heterocycles. The predicted molar refractivity (Wildman–Crippen MR) is 102 cm³/mol. The molecule has 0 saturated carbocycles. The van der Waals surface area contributed by atoms with Gasteiger partial charge in [0.15, 0.2) is 23.1 Å². The van der Waals surface area contributed by atoms with Gasteiger partial charge in [0.1, 0.15) is 0 Å². The smallest absolute Gasteiger partial charge is 0.409 e. The maximum Gasteiger partial charge on any atom is 0.409 e. The van der Waals surface area contributed by atoms with Crippen molar-refractivity contribution in [1.82, 2.24) is 29.4 Å². The minimum atomic E-state index is -2.13. The zero-order chi connectivity index (χ0) is 20.5. The number of carbonyl (C=O) groups is 1. The van der Waals surface area contributed by atoms with E-state index in [0.717, 1.165) is 9.47 Å². The van der Waals surface area contributed by atoms with E-state index in [4.69, 9.17) is 40.5 Å². The van der Waals surface area contributed by atoms with Gasteiger partial charge in [-0.05, 0) is 12.1 Å². The largest absolute Gasteiger partial charge is 0.465 e. The summed E-state index contributed by atoms with van der Waals surface area (Å²) >= 11 is 18.3. The van der Waals surface area contributed by atoms with Crippen LogP contribution in [0.4, 0.5) is 15.0 Å². The molecule has 0 aliphatic rings. The molecule has 0 aliphatic carbocycles. The SMILES string of the molecule is Nc1nc(F)nc2c1ncn2C(N(CCc1ccccn1)C(=O)O)C(Cl)(Cl)Cl. The molecule has 3 heterocycles. The summed E-state index contributed by atoms with van der Waals surface area (Å²) in [5, 5.41) is 9.73. The van der Waals surface area contributed by atoms with Crippen LogP contribution >= 0.6 is 34.8 Å². The number of hydrogen-bond acceptors (Lipinski definition) is 6. The second kappa shape index (κ2) is 7.90. The van der Waals surface area contributed by atoms with Crippen molar-refractivity contribution in [2.75, 3.05) is 12.3 Å². The van der Waals surface area contributed by atoms with Crippen LogP contribution in [-0.2, 0) is 6.42 Å². The number of anilines is 1. The fraction of sp³-hybridized carbons (Fsp3) is 0.267. The van der Waals surface area contributed by atoms with Gasteiger partial charge >= 0.3 is 12.2 Å². The van der Waals surface area contributed by atoms with Crippen molar-refractivity contribution in [2.45, 2.75) is 16.4 Å². The number of rotatable bonds is 5. The molecule has 0 spiro atoms. The number of nitrogens with two attached hydrogens (primary N) is 1. The van der Waals surface area contributed by atoms with Crippen molar-refractivity contribution < 1.29 is 14.3 Å². The van der Waals surface area contributed by atoms with Gasteiger partial charge in [-0.15, -0.1) is 0 Å². The van der Waals surface area contributed by atoms with E-state index in [-0.39, 0.29) is 29.9 Å². The maximum absolute atomic E-state index is 13.7. The van der Waals surface area contributed by atoms with E-state index in [9.17, 15) is 14.3 Å². The van der Waals surface area contributed by atoms with Crippen molar-refractivity contribution in [3.05, 3.63) is 42.5 Å². The molecular formula is C15H13Cl3FN7O2. The summed E-state index contributed by atoms with van der Waals surface area (Å²) < 4.78 is 12.7. The van der Waals surface area contributed by atoms with Gasteiger partial charge in [-0.1, -0.05) is 40.9 Å². The van der Waals surface area contributed by atoms with Gasteiger partial charge in [0.2, 0.25) is 3.79 Å². The highest BCUT2D eigenvalue weighted by Crippen LogP contribution is 2.42. The summed E-state index contributed by atoms with van der Waals surface area (Å²) in [6.45, 7) is -0.0619. The van der Waals surface area contributed by atoms with Crippen LogP contribution < -0.4 is 5.73 Å². The summed E-state index contributed by atoms with van der Waals surface area (Å²) in [6, 6.07) is 5.24. The molecule has 1 atom stereocenters. The van der Waals surface area contributed by atoms with Gasteiger partial charge in [0, 0.05) is 24.9 Å². The van der Waals surface area contributed by atoms with Crippen LogP contribution in [0.5, 0.6) is 0 Å². The molecule has 0 saturated heterocycles. The van der Waals surface area contributed by atoms with E-state index < -0.39 is 22.1 Å². The molecule has 9 nitrogen and oxygen atoms in total. The number of nitrogen functional groups attached to an aromatic ring is 1. The van der Waals surface area contributed by atoms with E-state index in [2.05, 4.69) is 19.9 Å². The summed E-state index contributed by atoms with van der Waals surface area (Å²) in [6.07, 6.45) is -0.890. The average molecular weight is 449 g/mol. The molecule has 3 aromatic heterocycles. The van der Waals surface area contributed by atoms with Crippen LogP contribution in [0.2, 0.25) is 0 Å². The first-order valence-electron chi connectivity index (χ1n) is 7.80. The molecule has 3 N–H and O–H groups in total. The van der Waals surface area contributed by atoms with E-state index in [1.165, 1.54) is 6.33 Å². The first kappa shape index (κ1) is 20.3. The Balaban J connectivity index is 2.04. The Morgan fingerprint density at radius 2 is 2.07 bits per heavy atom. The molecule has 0 fully saturated rings. The molecule has 1 unspecified atom stereocenters. The fourth-order valence-electron chi connectivity index (χ4n) is 2.68. The molecule has 13 heteroatoms. The van der Waals surface area contributed by atoms with Crippen molar-refractivity contribution in [3.63, 3.8) is 0 Å². The number of imidazole rings is 1. The third kappa shape index (κ3) is 4.18. The molecule has 3 rings (SSSR count). The summed E-state index contributed by atoms with van der Waals surface area (Å²) in [4.78, 5) is 28.0. The normalized spacial score (nSPS) is 12.9. The summed E-state index contributed by atoms with van der Waals surface area (Å²) in [5.41, 5.74) is 6.24. The molecular weight excluding hydrogens is 436 g/mol. The molecule has 0 radical (unpaired) electrons. The lowest BCUT2D eigenvalue weighted by Crippen LogP contribution is -2.44. The summed E-state index contributed by atoms with van der Waals surface area (Å²) in [5.74, 6) is -0.223. The van der Waals surface area contributed by atoms with Gasteiger partial charge in [-0.2, -0.15) is 14.4 Å². The highest BCUT2D eigenvalue weighted by atomic mass is 35.6. The highest BCUT2D eigenvalue weighted by Gasteiger charge is 2.42. The Hall–Kier alpha value is -2.43. The second-order valence-electron chi connectivity index (χ2n) is 5.66. The molecule has 0 aromatic carbocycles. The molecule has 3 aromatic rings. The first-order valence-corrected chi connectivity index (χ1v) is 8.93. The second-order valence-corrected chi connectivity index (χ2v) is 8.03. The van der Waals surface area contributed by atoms with Gasteiger partial charge in [0.05, 0.1) is 6.33 Å².